The molecule has 0 unspecified atom stereocenters. The maximum absolute atomic E-state index is 13.6. The predicted octanol–water partition coefficient (Wildman–Crippen LogP) is 4.32. The molecule has 5 rings (SSSR count). The van der Waals surface area contributed by atoms with Crippen molar-refractivity contribution < 1.29 is 14.3 Å². The maximum Gasteiger partial charge on any atom is 0.249 e. The molecular formula is C24H22N4O3S. The first kappa shape index (κ1) is 20.3. The van der Waals surface area contributed by atoms with Crippen LogP contribution in [0.3, 0.4) is 0 Å². The zero-order valence-electron chi connectivity index (χ0n) is 17.6. The van der Waals surface area contributed by atoms with E-state index in [0.717, 1.165) is 16.1 Å². The molecule has 0 saturated heterocycles. The van der Waals surface area contributed by atoms with Gasteiger partial charge in [0.05, 0.1) is 6.54 Å². The van der Waals surface area contributed by atoms with Crippen LogP contribution < -0.4 is 14.4 Å². The molecule has 0 aliphatic carbocycles. The van der Waals surface area contributed by atoms with Gasteiger partial charge in [0.15, 0.2) is 17.3 Å². The normalized spacial score (nSPS) is 12.5. The number of carbonyl (C=O) groups excluding carboxylic acids is 1. The molecule has 3 heterocycles. The van der Waals surface area contributed by atoms with Gasteiger partial charge in [0.2, 0.25) is 5.91 Å². The summed E-state index contributed by atoms with van der Waals surface area (Å²) in [7, 11) is 0. The first-order valence-corrected chi connectivity index (χ1v) is 11.2. The van der Waals surface area contributed by atoms with Crippen molar-refractivity contribution in [3.05, 3.63) is 76.7 Å². The monoisotopic (exact) mass is 446 g/mol. The summed E-state index contributed by atoms with van der Waals surface area (Å²) in [6, 6.07) is 19.4. The zero-order chi connectivity index (χ0) is 21.9. The van der Waals surface area contributed by atoms with Crippen LogP contribution in [0.1, 0.15) is 10.7 Å². The van der Waals surface area contributed by atoms with E-state index in [0.29, 0.717) is 42.9 Å². The van der Waals surface area contributed by atoms with Gasteiger partial charge in [-0.2, -0.15) is 5.10 Å². The van der Waals surface area contributed by atoms with Crippen LogP contribution in [-0.4, -0.2) is 33.9 Å². The lowest BCUT2D eigenvalue weighted by Gasteiger charge is -2.25. The molecule has 1 aliphatic heterocycles. The van der Waals surface area contributed by atoms with E-state index in [9.17, 15) is 4.79 Å². The number of fused-ring (bicyclic) bond motifs is 1. The van der Waals surface area contributed by atoms with Crippen molar-refractivity contribution in [2.75, 3.05) is 18.1 Å². The lowest BCUT2D eigenvalue weighted by Crippen LogP contribution is -2.34. The van der Waals surface area contributed by atoms with Crippen molar-refractivity contribution >= 4 is 22.9 Å². The first-order chi connectivity index (χ1) is 15.7. The summed E-state index contributed by atoms with van der Waals surface area (Å²) in [5.41, 5.74) is 1.68. The largest absolute Gasteiger partial charge is 0.486 e. The van der Waals surface area contributed by atoms with Gasteiger partial charge in [-0.25, -0.2) is 9.67 Å². The summed E-state index contributed by atoms with van der Waals surface area (Å²) in [6.07, 6.45) is 0. The molecule has 4 aromatic rings. The van der Waals surface area contributed by atoms with E-state index in [4.69, 9.17) is 9.47 Å². The summed E-state index contributed by atoms with van der Waals surface area (Å²) in [5.74, 6) is 2.56. The Balaban J connectivity index is 1.47. The van der Waals surface area contributed by atoms with Crippen molar-refractivity contribution in [2.24, 2.45) is 0 Å². The first-order valence-electron chi connectivity index (χ1n) is 10.4. The molecule has 1 amide bonds. The third-order valence-electron chi connectivity index (χ3n) is 5.13. The number of rotatable bonds is 6. The van der Waals surface area contributed by atoms with E-state index in [1.165, 1.54) is 0 Å². The summed E-state index contributed by atoms with van der Waals surface area (Å²) >= 11 is 1.62. The van der Waals surface area contributed by atoms with Crippen molar-refractivity contribution in [2.45, 2.75) is 20.0 Å². The number of hydrogen-bond donors (Lipinski definition) is 0. The molecule has 0 bridgehead atoms. The minimum atomic E-state index is -0.0860. The predicted molar refractivity (Wildman–Crippen MR) is 123 cm³/mol. The molecule has 162 valence electrons. The van der Waals surface area contributed by atoms with Crippen molar-refractivity contribution in [1.82, 2.24) is 14.8 Å². The van der Waals surface area contributed by atoms with E-state index in [2.05, 4.69) is 10.1 Å². The van der Waals surface area contributed by atoms with Crippen LogP contribution in [0.5, 0.6) is 11.5 Å². The van der Waals surface area contributed by atoms with Gasteiger partial charge in [-0.1, -0.05) is 36.4 Å². The van der Waals surface area contributed by atoms with Crippen LogP contribution in [0, 0.1) is 6.92 Å². The molecule has 0 saturated carbocycles. The average molecular weight is 447 g/mol. The lowest BCUT2D eigenvalue weighted by molar-refractivity contribution is -0.119. The van der Waals surface area contributed by atoms with Crippen LogP contribution in [0.4, 0.5) is 5.69 Å². The zero-order valence-corrected chi connectivity index (χ0v) is 18.4. The number of nitrogens with zero attached hydrogens (tertiary/aromatic N) is 4. The summed E-state index contributed by atoms with van der Waals surface area (Å²) < 4.78 is 13.1. The Labute approximate surface area is 189 Å². The highest BCUT2D eigenvalue weighted by Gasteiger charge is 2.22. The topological polar surface area (TPSA) is 69.5 Å². The Morgan fingerprint density at radius 2 is 1.88 bits per heavy atom. The van der Waals surface area contributed by atoms with Gasteiger partial charge in [-0.15, -0.1) is 11.3 Å². The van der Waals surface area contributed by atoms with Crippen LogP contribution in [0.15, 0.2) is 66.0 Å². The number of anilines is 1. The van der Waals surface area contributed by atoms with Crippen LogP contribution in [0.2, 0.25) is 0 Å². The fourth-order valence-electron chi connectivity index (χ4n) is 3.66. The van der Waals surface area contributed by atoms with Gasteiger partial charge < -0.3 is 14.4 Å². The van der Waals surface area contributed by atoms with Gasteiger partial charge in [-0.3, -0.25) is 4.79 Å². The maximum atomic E-state index is 13.6. The molecule has 0 fully saturated rings. The van der Waals surface area contributed by atoms with E-state index in [1.54, 1.807) is 20.9 Å². The smallest absolute Gasteiger partial charge is 0.249 e. The number of carbonyl (C=O) groups is 1. The van der Waals surface area contributed by atoms with E-state index < -0.39 is 0 Å². The molecule has 32 heavy (non-hydrogen) atoms. The fourth-order valence-corrected chi connectivity index (χ4v) is 4.35. The fraction of sp³-hybridized carbons (Fsp3) is 0.208. The van der Waals surface area contributed by atoms with Crippen LogP contribution in [-0.2, 0) is 17.9 Å². The summed E-state index contributed by atoms with van der Waals surface area (Å²) in [6.45, 7) is 3.39. The highest BCUT2D eigenvalue weighted by Crippen LogP contribution is 2.35. The Bertz CT molecular complexity index is 1220. The number of hydrogen-bond acceptors (Lipinski definition) is 6. The number of amides is 1. The molecule has 0 atom stereocenters. The Kier molecular flexibility index (Phi) is 5.60. The van der Waals surface area contributed by atoms with Crippen LogP contribution >= 0.6 is 11.3 Å². The summed E-state index contributed by atoms with van der Waals surface area (Å²) in [5, 5.41) is 6.50. The third kappa shape index (κ3) is 4.22. The van der Waals surface area contributed by atoms with E-state index >= 15 is 0 Å². The molecule has 0 spiro atoms. The highest BCUT2D eigenvalue weighted by molar-refractivity contribution is 7.09. The average Bonchev–Trinajstić information content (AvgIpc) is 3.47. The highest BCUT2D eigenvalue weighted by atomic mass is 32.1. The Morgan fingerprint density at radius 3 is 2.66 bits per heavy atom. The van der Waals surface area contributed by atoms with Crippen molar-refractivity contribution in [3.8, 4) is 22.9 Å². The van der Waals surface area contributed by atoms with E-state index in [-0.39, 0.29) is 12.5 Å². The number of ether oxygens (including phenoxy) is 2. The van der Waals surface area contributed by atoms with Crippen molar-refractivity contribution in [3.63, 3.8) is 0 Å². The minimum absolute atomic E-state index is 0.0743. The Morgan fingerprint density at radius 1 is 1.06 bits per heavy atom. The second kappa shape index (κ2) is 8.84. The SMILES string of the molecule is Cc1nc(-c2ccccc2)n(CC(=O)N(Cc2cccs2)c2ccc3c(c2)OCCO3)n1. The molecule has 0 N–H and O–H groups in total. The third-order valence-corrected chi connectivity index (χ3v) is 5.99. The quantitative estimate of drug-likeness (QED) is 0.441. The number of thiophene rings is 1. The van der Waals surface area contributed by atoms with Gasteiger partial charge >= 0.3 is 0 Å². The minimum Gasteiger partial charge on any atom is -0.486 e. The molecule has 7 nitrogen and oxygen atoms in total. The number of benzene rings is 2. The molecule has 0 radical (unpaired) electrons. The summed E-state index contributed by atoms with van der Waals surface area (Å²) in [4.78, 5) is 21.0. The standard InChI is InChI=1S/C24H22N4O3S/c1-17-25-24(18-6-3-2-4-7-18)28(26-17)16-23(29)27(15-20-8-5-13-32-20)19-9-10-21-22(14-19)31-12-11-30-21/h2-10,13-14H,11-12,15-16H2,1H3. The lowest BCUT2D eigenvalue weighted by atomic mass is 10.2. The number of aromatic nitrogens is 3. The second-order valence-electron chi connectivity index (χ2n) is 7.39. The molecular weight excluding hydrogens is 424 g/mol. The van der Waals surface area contributed by atoms with Gasteiger partial charge in [0, 0.05) is 22.2 Å². The van der Waals surface area contributed by atoms with Crippen molar-refractivity contribution in [1.29, 1.82) is 0 Å². The van der Waals surface area contributed by atoms with Gasteiger partial charge in [0.25, 0.3) is 0 Å². The Hall–Kier alpha value is -3.65. The molecule has 8 heteroatoms. The van der Waals surface area contributed by atoms with E-state index in [1.807, 2.05) is 73.0 Å². The van der Waals surface area contributed by atoms with Crippen LogP contribution in [0.25, 0.3) is 11.4 Å². The van der Waals surface area contributed by atoms with Gasteiger partial charge in [-0.05, 0) is 30.5 Å². The molecule has 1 aliphatic rings. The molecule has 2 aromatic carbocycles. The number of aryl methyl sites for hydroxylation is 1. The second-order valence-corrected chi connectivity index (χ2v) is 8.43. The molecule has 2 aromatic heterocycles. The van der Waals surface area contributed by atoms with Gasteiger partial charge in [0.1, 0.15) is 25.6 Å².